The summed E-state index contributed by atoms with van der Waals surface area (Å²) >= 11 is 6.52. The van der Waals surface area contributed by atoms with E-state index >= 15 is 0 Å². The minimum atomic E-state index is 0.113. The molecule has 0 atom stereocenters. The van der Waals surface area contributed by atoms with Gasteiger partial charge in [0.1, 0.15) is 6.54 Å². The fraction of sp³-hybridized carbons (Fsp3) is 0.321. The Labute approximate surface area is 196 Å². The highest BCUT2D eigenvalue weighted by Crippen LogP contribution is 2.34. The lowest BCUT2D eigenvalue weighted by molar-refractivity contribution is -0.544. The van der Waals surface area contributed by atoms with Crippen molar-refractivity contribution in [3.63, 3.8) is 0 Å². The lowest BCUT2D eigenvalue weighted by atomic mass is 9.85. The smallest absolute Gasteiger partial charge is 0.215 e. The van der Waals surface area contributed by atoms with E-state index in [1.807, 2.05) is 18.2 Å². The average Bonchev–Trinajstić information content (AvgIpc) is 2.79. The van der Waals surface area contributed by atoms with Gasteiger partial charge in [-0.1, -0.05) is 62.7 Å². The van der Waals surface area contributed by atoms with E-state index < -0.39 is 0 Å². The van der Waals surface area contributed by atoms with E-state index in [9.17, 15) is 0 Å². The van der Waals surface area contributed by atoms with E-state index in [0.717, 1.165) is 41.6 Å². The summed E-state index contributed by atoms with van der Waals surface area (Å²) in [7, 11) is 3.37. The average molecular weight is 449 g/mol. The van der Waals surface area contributed by atoms with Crippen LogP contribution in [-0.4, -0.2) is 31.1 Å². The number of methoxy groups -OCH3 is 2. The van der Waals surface area contributed by atoms with Gasteiger partial charge in [0.2, 0.25) is 5.71 Å². The Bertz CT molecular complexity index is 1160. The molecule has 0 amide bonds. The maximum Gasteiger partial charge on any atom is 0.215 e. The molecule has 4 heteroatoms. The Hall–Kier alpha value is -2.78. The molecular weight excluding hydrogens is 418 g/mol. The van der Waals surface area contributed by atoms with Gasteiger partial charge in [-0.25, -0.2) is 4.58 Å². The molecule has 0 fully saturated rings. The highest BCUT2D eigenvalue weighted by Gasteiger charge is 2.30. The molecule has 0 saturated carbocycles. The topological polar surface area (TPSA) is 21.5 Å². The SMILES string of the molecule is COc1cc2c(cc1OC)C(c1ccc(C(C)(C)C)cc1)=[N+](Cc1ccccc1Cl)CC2. The van der Waals surface area contributed by atoms with E-state index in [1.54, 1.807) is 14.2 Å². The molecule has 3 nitrogen and oxygen atoms in total. The Morgan fingerprint density at radius 1 is 0.906 bits per heavy atom. The molecule has 0 bridgehead atoms. The van der Waals surface area contributed by atoms with Gasteiger partial charge in [0.25, 0.3) is 0 Å². The molecular formula is C28H31ClNO2+. The number of benzene rings is 3. The number of rotatable bonds is 5. The van der Waals surface area contributed by atoms with Gasteiger partial charge >= 0.3 is 0 Å². The first kappa shape index (κ1) is 22.4. The molecule has 3 aromatic carbocycles. The third-order valence-corrected chi connectivity index (χ3v) is 6.54. The predicted molar refractivity (Wildman–Crippen MR) is 132 cm³/mol. The molecule has 166 valence electrons. The number of hydrogen-bond donors (Lipinski definition) is 0. The molecule has 3 aromatic rings. The van der Waals surface area contributed by atoms with Crippen LogP contribution in [0.25, 0.3) is 0 Å². The molecule has 1 aliphatic rings. The van der Waals surface area contributed by atoms with Crippen molar-refractivity contribution in [3.8, 4) is 11.5 Å². The summed E-state index contributed by atoms with van der Waals surface area (Å²) in [5.41, 5.74) is 7.41. The van der Waals surface area contributed by atoms with Crippen molar-refractivity contribution in [2.24, 2.45) is 0 Å². The Morgan fingerprint density at radius 3 is 2.19 bits per heavy atom. The van der Waals surface area contributed by atoms with Crippen molar-refractivity contribution in [3.05, 3.63) is 93.5 Å². The molecule has 32 heavy (non-hydrogen) atoms. The van der Waals surface area contributed by atoms with Gasteiger partial charge in [-0.05, 0) is 46.9 Å². The zero-order chi connectivity index (χ0) is 22.9. The highest BCUT2D eigenvalue weighted by atomic mass is 35.5. The zero-order valence-corrected chi connectivity index (χ0v) is 20.3. The van der Waals surface area contributed by atoms with Gasteiger partial charge < -0.3 is 9.47 Å². The summed E-state index contributed by atoms with van der Waals surface area (Å²) < 4.78 is 13.6. The number of fused-ring (bicyclic) bond motifs is 1. The zero-order valence-electron chi connectivity index (χ0n) is 19.5. The Balaban J connectivity index is 1.89. The van der Waals surface area contributed by atoms with E-state index in [2.05, 4.69) is 67.8 Å². The second-order valence-electron chi connectivity index (χ2n) is 9.30. The first-order valence-electron chi connectivity index (χ1n) is 11.0. The van der Waals surface area contributed by atoms with Crippen molar-refractivity contribution in [1.82, 2.24) is 0 Å². The number of nitrogens with zero attached hydrogens (tertiary/aromatic N) is 1. The standard InChI is InChI=1S/C28H31ClNO2/c1-28(2,3)22-12-10-19(11-13-22)27-23-17-26(32-5)25(31-4)16-20(23)14-15-30(27)18-21-8-6-7-9-24(21)29/h6-13,16-17H,14-15,18H2,1-5H3/q+1. The van der Waals surface area contributed by atoms with Crippen LogP contribution in [0.2, 0.25) is 5.02 Å². The van der Waals surface area contributed by atoms with Crippen LogP contribution in [0.15, 0.2) is 60.7 Å². The first-order valence-corrected chi connectivity index (χ1v) is 11.4. The van der Waals surface area contributed by atoms with Gasteiger partial charge in [0, 0.05) is 17.5 Å². The third kappa shape index (κ3) is 4.40. The summed E-state index contributed by atoms with van der Waals surface area (Å²) in [4.78, 5) is 0. The second-order valence-corrected chi connectivity index (χ2v) is 9.71. The number of halogens is 1. The number of ether oxygens (including phenoxy) is 2. The Morgan fingerprint density at radius 2 is 1.56 bits per heavy atom. The van der Waals surface area contributed by atoms with Crippen LogP contribution in [0.4, 0.5) is 0 Å². The molecule has 1 heterocycles. The van der Waals surface area contributed by atoms with E-state index in [4.69, 9.17) is 21.1 Å². The number of hydrogen-bond acceptors (Lipinski definition) is 2. The van der Waals surface area contributed by atoms with Gasteiger partial charge in [-0.2, -0.15) is 0 Å². The molecule has 4 rings (SSSR count). The third-order valence-electron chi connectivity index (χ3n) is 6.18. The van der Waals surface area contributed by atoms with Crippen molar-refractivity contribution >= 4 is 17.3 Å². The highest BCUT2D eigenvalue weighted by molar-refractivity contribution is 6.31. The van der Waals surface area contributed by atoms with Crippen molar-refractivity contribution < 1.29 is 14.0 Å². The quantitative estimate of drug-likeness (QED) is 0.429. The van der Waals surface area contributed by atoms with E-state index in [1.165, 1.54) is 28.0 Å². The van der Waals surface area contributed by atoms with Crippen LogP contribution >= 0.6 is 11.6 Å². The summed E-state index contributed by atoms with van der Waals surface area (Å²) in [6.45, 7) is 8.39. The van der Waals surface area contributed by atoms with Crippen LogP contribution in [0, 0.1) is 0 Å². The maximum atomic E-state index is 6.52. The molecule has 0 unspecified atom stereocenters. The Kier molecular flexibility index (Phi) is 6.30. The molecule has 0 N–H and O–H groups in total. The lowest BCUT2D eigenvalue weighted by Gasteiger charge is -2.22. The van der Waals surface area contributed by atoms with Gasteiger partial charge in [0.15, 0.2) is 18.0 Å². The maximum absolute atomic E-state index is 6.52. The molecule has 1 aliphatic heterocycles. The summed E-state index contributed by atoms with van der Waals surface area (Å²) in [5.74, 6) is 1.52. The van der Waals surface area contributed by atoms with E-state index in [-0.39, 0.29) is 5.41 Å². The van der Waals surface area contributed by atoms with Crippen molar-refractivity contribution in [1.29, 1.82) is 0 Å². The van der Waals surface area contributed by atoms with Crippen LogP contribution < -0.4 is 9.47 Å². The lowest BCUT2D eigenvalue weighted by Crippen LogP contribution is -2.31. The van der Waals surface area contributed by atoms with Crippen LogP contribution in [-0.2, 0) is 18.4 Å². The van der Waals surface area contributed by atoms with Crippen LogP contribution in [0.3, 0.4) is 0 Å². The second kappa shape index (κ2) is 8.99. The fourth-order valence-electron chi connectivity index (χ4n) is 4.34. The molecule has 0 aromatic heterocycles. The monoisotopic (exact) mass is 448 g/mol. The van der Waals surface area contributed by atoms with Crippen molar-refractivity contribution in [2.45, 2.75) is 39.2 Å². The summed E-state index contributed by atoms with van der Waals surface area (Å²) in [5, 5.41) is 0.799. The molecule has 0 spiro atoms. The molecule has 0 radical (unpaired) electrons. The van der Waals surface area contributed by atoms with Gasteiger partial charge in [-0.15, -0.1) is 0 Å². The summed E-state index contributed by atoms with van der Waals surface area (Å²) in [6.07, 6.45) is 0.934. The normalized spacial score (nSPS) is 13.7. The summed E-state index contributed by atoms with van der Waals surface area (Å²) in [6, 6.07) is 21.3. The van der Waals surface area contributed by atoms with Crippen molar-refractivity contribution in [2.75, 3.05) is 20.8 Å². The van der Waals surface area contributed by atoms with E-state index in [0.29, 0.717) is 0 Å². The van der Waals surface area contributed by atoms with Crippen LogP contribution in [0.5, 0.6) is 11.5 Å². The molecule has 0 saturated heterocycles. The molecule has 0 aliphatic carbocycles. The minimum Gasteiger partial charge on any atom is -0.493 e. The minimum absolute atomic E-state index is 0.113. The van der Waals surface area contributed by atoms with Gasteiger partial charge in [-0.3, -0.25) is 0 Å². The first-order chi connectivity index (χ1) is 15.3. The van der Waals surface area contributed by atoms with Crippen LogP contribution in [0.1, 0.15) is 48.6 Å². The predicted octanol–water partition coefficient (Wildman–Crippen LogP) is 6.26. The largest absolute Gasteiger partial charge is 0.493 e. The van der Waals surface area contributed by atoms with Gasteiger partial charge in [0.05, 0.1) is 24.8 Å². The fourth-order valence-corrected chi connectivity index (χ4v) is 4.54.